The molecule has 0 saturated heterocycles. The van der Waals surface area contributed by atoms with Crippen molar-refractivity contribution < 1.29 is 4.79 Å². The quantitative estimate of drug-likeness (QED) is 0.785. The van der Waals surface area contributed by atoms with E-state index in [2.05, 4.69) is 17.6 Å². The van der Waals surface area contributed by atoms with E-state index < -0.39 is 0 Å². The summed E-state index contributed by atoms with van der Waals surface area (Å²) >= 11 is 11.8. The summed E-state index contributed by atoms with van der Waals surface area (Å²) in [6.07, 6.45) is 2.04. The maximum absolute atomic E-state index is 11.6. The monoisotopic (exact) mass is 288 g/mol. The highest BCUT2D eigenvalue weighted by molar-refractivity contribution is 6.42. The van der Waals surface area contributed by atoms with Gasteiger partial charge in [-0.05, 0) is 31.0 Å². The number of halogens is 2. The average Bonchev–Trinajstić information content (AvgIpc) is 2.33. The molecular formula is C13H18Cl2N2O. The summed E-state index contributed by atoms with van der Waals surface area (Å²) in [5.41, 5.74) is 0.926. The SMILES string of the molecule is CCCCNC(=O)NC(C)c1ccc(Cl)c(Cl)c1. The van der Waals surface area contributed by atoms with Crippen molar-refractivity contribution in [2.45, 2.75) is 32.7 Å². The topological polar surface area (TPSA) is 41.1 Å². The number of amides is 2. The standard InChI is InChI=1S/C13H18Cl2N2O/c1-3-4-7-16-13(18)17-9(2)10-5-6-11(14)12(15)8-10/h5-6,8-9H,3-4,7H2,1-2H3,(H2,16,17,18). The summed E-state index contributed by atoms with van der Waals surface area (Å²) in [6.45, 7) is 4.67. The Kier molecular flexibility index (Phi) is 6.30. The Hall–Kier alpha value is -0.930. The molecule has 0 aromatic heterocycles. The predicted molar refractivity (Wildman–Crippen MR) is 76.3 cm³/mol. The zero-order valence-corrected chi connectivity index (χ0v) is 12.1. The highest BCUT2D eigenvalue weighted by Gasteiger charge is 2.10. The highest BCUT2D eigenvalue weighted by atomic mass is 35.5. The largest absolute Gasteiger partial charge is 0.338 e. The minimum absolute atomic E-state index is 0.110. The highest BCUT2D eigenvalue weighted by Crippen LogP contribution is 2.25. The number of benzene rings is 1. The summed E-state index contributed by atoms with van der Waals surface area (Å²) in [5.74, 6) is 0. The van der Waals surface area contributed by atoms with Gasteiger partial charge in [0, 0.05) is 6.54 Å². The third kappa shape index (κ3) is 4.75. The number of rotatable bonds is 5. The molecule has 2 N–H and O–H groups in total. The maximum Gasteiger partial charge on any atom is 0.315 e. The smallest absolute Gasteiger partial charge is 0.315 e. The molecule has 3 nitrogen and oxygen atoms in total. The van der Waals surface area contributed by atoms with E-state index in [4.69, 9.17) is 23.2 Å². The van der Waals surface area contributed by atoms with E-state index >= 15 is 0 Å². The zero-order valence-electron chi connectivity index (χ0n) is 10.6. The Balaban J connectivity index is 2.51. The van der Waals surface area contributed by atoms with Crippen molar-refractivity contribution in [3.63, 3.8) is 0 Å². The van der Waals surface area contributed by atoms with Gasteiger partial charge in [0.15, 0.2) is 0 Å². The molecule has 5 heteroatoms. The Morgan fingerprint density at radius 3 is 2.67 bits per heavy atom. The first-order valence-electron chi connectivity index (χ1n) is 6.04. The van der Waals surface area contributed by atoms with Gasteiger partial charge in [-0.2, -0.15) is 0 Å². The number of hydrogen-bond acceptors (Lipinski definition) is 1. The molecule has 1 aromatic rings. The average molecular weight is 289 g/mol. The van der Waals surface area contributed by atoms with E-state index in [0.29, 0.717) is 16.6 Å². The van der Waals surface area contributed by atoms with Crippen LogP contribution in [-0.4, -0.2) is 12.6 Å². The van der Waals surface area contributed by atoms with Crippen LogP contribution in [0.25, 0.3) is 0 Å². The lowest BCUT2D eigenvalue weighted by atomic mass is 10.1. The van der Waals surface area contributed by atoms with Crippen molar-refractivity contribution in [1.29, 1.82) is 0 Å². The first kappa shape index (κ1) is 15.1. The minimum atomic E-state index is -0.165. The Labute approximate surface area is 118 Å². The lowest BCUT2D eigenvalue weighted by Gasteiger charge is -2.15. The van der Waals surface area contributed by atoms with E-state index in [9.17, 15) is 4.79 Å². The van der Waals surface area contributed by atoms with E-state index in [1.54, 1.807) is 12.1 Å². The van der Waals surface area contributed by atoms with Crippen molar-refractivity contribution in [3.8, 4) is 0 Å². The molecule has 0 aliphatic rings. The van der Waals surface area contributed by atoms with Crippen LogP contribution in [0.2, 0.25) is 10.0 Å². The zero-order chi connectivity index (χ0) is 13.5. The first-order chi connectivity index (χ1) is 8.54. The Morgan fingerprint density at radius 1 is 1.33 bits per heavy atom. The van der Waals surface area contributed by atoms with Gasteiger partial charge >= 0.3 is 6.03 Å². The molecule has 18 heavy (non-hydrogen) atoms. The van der Waals surface area contributed by atoms with E-state index in [-0.39, 0.29) is 12.1 Å². The van der Waals surface area contributed by atoms with Crippen LogP contribution in [0.4, 0.5) is 4.79 Å². The van der Waals surface area contributed by atoms with Gasteiger partial charge < -0.3 is 10.6 Å². The number of carbonyl (C=O) groups is 1. The van der Waals surface area contributed by atoms with Crippen LogP contribution in [0.3, 0.4) is 0 Å². The molecule has 1 atom stereocenters. The van der Waals surface area contributed by atoms with Crippen LogP contribution in [0, 0.1) is 0 Å². The summed E-state index contributed by atoms with van der Waals surface area (Å²) in [6, 6.07) is 5.07. The van der Waals surface area contributed by atoms with Crippen LogP contribution in [-0.2, 0) is 0 Å². The second-order valence-electron chi connectivity index (χ2n) is 4.15. The summed E-state index contributed by atoms with van der Waals surface area (Å²) in [5, 5.41) is 6.66. The van der Waals surface area contributed by atoms with Crippen molar-refractivity contribution in [3.05, 3.63) is 33.8 Å². The number of nitrogens with one attached hydrogen (secondary N) is 2. The fourth-order valence-corrected chi connectivity index (χ4v) is 1.80. The third-order valence-corrected chi connectivity index (χ3v) is 3.35. The molecule has 1 unspecified atom stereocenters. The lowest BCUT2D eigenvalue weighted by Crippen LogP contribution is -2.37. The molecular weight excluding hydrogens is 271 g/mol. The molecule has 0 heterocycles. The van der Waals surface area contributed by atoms with E-state index in [1.807, 2.05) is 13.0 Å². The van der Waals surface area contributed by atoms with Gasteiger partial charge in [0.05, 0.1) is 16.1 Å². The fourth-order valence-electron chi connectivity index (χ4n) is 1.49. The van der Waals surface area contributed by atoms with Gasteiger partial charge in [-0.15, -0.1) is 0 Å². The van der Waals surface area contributed by atoms with Crippen LogP contribution in [0.5, 0.6) is 0 Å². The molecule has 1 aromatic carbocycles. The molecule has 0 aliphatic heterocycles. The normalized spacial score (nSPS) is 12.0. The molecule has 0 fully saturated rings. The van der Waals surface area contributed by atoms with Crippen molar-refractivity contribution in [2.24, 2.45) is 0 Å². The summed E-state index contributed by atoms with van der Waals surface area (Å²) < 4.78 is 0. The van der Waals surface area contributed by atoms with Crippen LogP contribution < -0.4 is 10.6 Å². The molecule has 2 amide bonds. The van der Waals surface area contributed by atoms with E-state index in [0.717, 1.165) is 18.4 Å². The number of urea groups is 1. The Bertz CT molecular complexity index is 410. The molecule has 1 rings (SSSR count). The van der Waals surface area contributed by atoms with Gasteiger partial charge in [-0.3, -0.25) is 0 Å². The van der Waals surface area contributed by atoms with Gasteiger partial charge in [0.2, 0.25) is 0 Å². The molecule has 0 radical (unpaired) electrons. The van der Waals surface area contributed by atoms with Crippen molar-refractivity contribution >= 4 is 29.2 Å². The molecule has 0 bridgehead atoms. The lowest BCUT2D eigenvalue weighted by molar-refractivity contribution is 0.238. The van der Waals surface area contributed by atoms with Gasteiger partial charge in [0.25, 0.3) is 0 Å². The van der Waals surface area contributed by atoms with Gasteiger partial charge in [-0.1, -0.05) is 42.6 Å². The maximum atomic E-state index is 11.6. The minimum Gasteiger partial charge on any atom is -0.338 e. The van der Waals surface area contributed by atoms with Crippen molar-refractivity contribution in [2.75, 3.05) is 6.54 Å². The molecule has 0 spiro atoms. The van der Waals surface area contributed by atoms with Crippen LogP contribution in [0.15, 0.2) is 18.2 Å². The van der Waals surface area contributed by atoms with Crippen LogP contribution in [0.1, 0.15) is 38.3 Å². The van der Waals surface area contributed by atoms with Crippen LogP contribution >= 0.6 is 23.2 Å². The second kappa shape index (κ2) is 7.49. The molecule has 100 valence electrons. The number of unbranched alkanes of at least 4 members (excludes halogenated alkanes) is 1. The Morgan fingerprint density at radius 2 is 2.06 bits per heavy atom. The van der Waals surface area contributed by atoms with Gasteiger partial charge in [0.1, 0.15) is 0 Å². The molecule has 0 saturated carbocycles. The fraction of sp³-hybridized carbons (Fsp3) is 0.462. The summed E-state index contributed by atoms with van der Waals surface area (Å²) in [7, 11) is 0. The van der Waals surface area contributed by atoms with Gasteiger partial charge in [-0.25, -0.2) is 4.79 Å². The first-order valence-corrected chi connectivity index (χ1v) is 6.79. The third-order valence-electron chi connectivity index (χ3n) is 2.61. The number of carbonyl (C=O) groups excluding carboxylic acids is 1. The summed E-state index contributed by atoms with van der Waals surface area (Å²) in [4.78, 5) is 11.6. The predicted octanol–water partition coefficient (Wildman–Crippen LogP) is 4.15. The van der Waals surface area contributed by atoms with E-state index in [1.165, 1.54) is 0 Å². The van der Waals surface area contributed by atoms with Crippen molar-refractivity contribution in [1.82, 2.24) is 10.6 Å². The second-order valence-corrected chi connectivity index (χ2v) is 4.96. The molecule has 0 aliphatic carbocycles. The number of hydrogen-bond donors (Lipinski definition) is 2.